The summed E-state index contributed by atoms with van der Waals surface area (Å²) in [6.45, 7) is 4.26. The molecule has 0 aromatic heterocycles. The largest absolute Gasteiger partial charge is 0.506 e. The van der Waals surface area contributed by atoms with Gasteiger partial charge in [0, 0.05) is 6.54 Å². The molecule has 0 aliphatic carbocycles. The number of nitrogens with zero attached hydrogens (tertiary/aromatic N) is 1. The van der Waals surface area contributed by atoms with Crippen LogP contribution in [-0.4, -0.2) is 29.7 Å². The van der Waals surface area contributed by atoms with Crippen molar-refractivity contribution in [2.45, 2.75) is 13.8 Å². The fourth-order valence-corrected chi connectivity index (χ4v) is 1.39. The molecule has 7 heteroatoms. The first-order chi connectivity index (χ1) is 9.40. The van der Waals surface area contributed by atoms with E-state index in [1.165, 1.54) is 18.3 Å². The minimum atomic E-state index is -0.841. The van der Waals surface area contributed by atoms with Gasteiger partial charge < -0.3 is 10.4 Å². The lowest BCUT2D eigenvalue weighted by Crippen LogP contribution is -2.39. The lowest BCUT2D eigenvalue weighted by molar-refractivity contribution is -0.139. The number of carbonyl (C=O) groups excluding carboxylic acids is 2. The van der Waals surface area contributed by atoms with Crippen LogP contribution in [0.3, 0.4) is 0 Å². The van der Waals surface area contributed by atoms with Gasteiger partial charge in [-0.05, 0) is 29.7 Å². The summed E-state index contributed by atoms with van der Waals surface area (Å²) in [5.41, 5.74) is 2.68. The van der Waals surface area contributed by atoms with Crippen molar-refractivity contribution in [1.29, 1.82) is 0 Å². The molecule has 0 spiro atoms. The van der Waals surface area contributed by atoms with Gasteiger partial charge in [-0.1, -0.05) is 25.4 Å². The van der Waals surface area contributed by atoms with Gasteiger partial charge in [-0.2, -0.15) is 5.10 Å². The zero-order chi connectivity index (χ0) is 15.1. The molecule has 0 atom stereocenters. The number of hydrogen-bond acceptors (Lipinski definition) is 4. The van der Waals surface area contributed by atoms with Crippen LogP contribution in [0.5, 0.6) is 5.75 Å². The third kappa shape index (κ3) is 5.27. The van der Waals surface area contributed by atoms with Gasteiger partial charge in [-0.15, -0.1) is 0 Å². The van der Waals surface area contributed by atoms with Crippen molar-refractivity contribution in [3.8, 4) is 5.75 Å². The number of amides is 2. The van der Waals surface area contributed by atoms with Gasteiger partial charge in [0.1, 0.15) is 5.75 Å². The fourth-order valence-electron chi connectivity index (χ4n) is 1.20. The number of phenols is 1. The van der Waals surface area contributed by atoms with Crippen molar-refractivity contribution < 1.29 is 14.7 Å². The van der Waals surface area contributed by atoms with Gasteiger partial charge in [0.05, 0.1) is 11.2 Å². The van der Waals surface area contributed by atoms with Gasteiger partial charge in [-0.25, -0.2) is 5.43 Å². The van der Waals surface area contributed by atoms with Crippen LogP contribution in [0.15, 0.2) is 23.3 Å². The van der Waals surface area contributed by atoms with Crippen LogP contribution in [0.4, 0.5) is 0 Å². The average molecular weight is 298 g/mol. The van der Waals surface area contributed by atoms with E-state index >= 15 is 0 Å². The van der Waals surface area contributed by atoms with Crippen molar-refractivity contribution in [3.05, 3.63) is 28.8 Å². The molecule has 3 N–H and O–H groups in total. The first-order valence-corrected chi connectivity index (χ1v) is 6.37. The Balaban J connectivity index is 2.49. The average Bonchev–Trinajstić information content (AvgIpc) is 2.39. The van der Waals surface area contributed by atoms with Crippen LogP contribution >= 0.6 is 11.6 Å². The molecular weight excluding hydrogens is 282 g/mol. The maximum absolute atomic E-state index is 11.4. The SMILES string of the molecule is CC(C)CNC(=O)C(=O)N/N=C\c1ccc(O)c(Cl)c1. The van der Waals surface area contributed by atoms with Crippen molar-refractivity contribution in [1.82, 2.24) is 10.7 Å². The number of hydrazone groups is 1. The van der Waals surface area contributed by atoms with Crippen molar-refractivity contribution >= 4 is 29.6 Å². The highest BCUT2D eigenvalue weighted by atomic mass is 35.5. The summed E-state index contributed by atoms with van der Waals surface area (Å²) in [6.07, 6.45) is 1.32. The Labute approximate surface area is 121 Å². The van der Waals surface area contributed by atoms with Crippen LogP contribution < -0.4 is 10.7 Å². The highest BCUT2D eigenvalue weighted by Crippen LogP contribution is 2.22. The minimum Gasteiger partial charge on any atom is -0.506 e. The molecule has 0 heterocycles. The molecule has 6 nitrogen and oxygen atoms in total. The van der Waals surface area contributed by atoms with Gasteiger partial charge in [0.15, 0.2) is 0 Å². The van der Waals surface area contributed by atoms with Crippen molar-refractivity contribution in [3.63, 3.8) is 0 Å². The molecule has 0 unspecified atom stereocenters. The lowest BCUT2D eigenvalue weighted by atomic mass is 10.2. The Kier molecular flexibility index (Phi) is 5.99. The van der Waals surface area contributed by atoms with E-state index in [2.05, 4.69) is 15.8 Å². The summed E-state index contributed by atoms with van der Waals surface area (Å²) < 4.78 is 0. The Morgan fingerprint density at radius 2 is 2.10 bits per heavy atom. The lowest BCUT2D eigenvalue weighted by Gasteiger charge is -2.05. The van der Waals surface area contributed by atoms with Crippen LogP contribution in [0.25, 0.3) is 0 Å². The van der Waals surface area contributed by atoms with Gasteiger partial charge in [-0.3, -0.25) is 9.59 Å². The molecule has 20 heavy (non-hydrogen) atoms. The van der Waals surface area contributed by atoms with Crippen LogP contribution in [0.2, 0.25) is 5.02 Å². The first-order valence-electron chi connectivity index (χ1n) is 6.00. The molecule has 0 aliphatic heterocycles. The molecule has 1 rings (SSSR count). The van der Waals surface area contributed by atoms with Gasteiger partial charge >= 0.3 is 11.8 Å². The van der Waals surface area contributed by atoms with E-state index in [1.54, 1.807) is 6.07 Å². The van der Waals surface area contributed by atoms with E-state index in [-0.39, 0.29) is 16.7 Å². The molecule has 0 aliphatic rings. The van der Waals surface area contributed by atoms with E-state index in [0.717, 1.165) is 0 Å². The summed E-state index contributed by atoms with van der Waals surface area (Å²) in [6, 6.07) is 4.45. The third-order valence-corrected chi connectivity index (χ3v) is 2.53. The topological polar surface area (TPSA) is 90.8 Å². The summed E-state index contributed by atoms with van der Waals surface area (Å²) >= 11 is 5.71. The number of nitrogens with one attached hydrogen (secondary N) is 2. The third-order valence-electron chi connectivity index (χ3n) is 2.23. The maximum Gasteiger partial charge on any atom is 0.329 e. The Bertz CT molecular complexity index is 530. The van der Waals surface area contributed by atoms with E-state index in [1.807, 2.05) is 13.8 Å². The molecule has 1 aromatic rings. The standard InChI is InChI=1S/C13H16ClN3O3/c1-8(2)6-15-12(19)13(20)17-16-7-9-3-4-11(18)10(14)5-9/h3-5,7-8,18H,6H2,1-2H3,(H,15,19)(H,17,20)/b16-7-. The Morgan fingerprint density at radius 1 is 1.40 bits per heavy atom. The molecule has 0 saturated carbocycles. The first kappa shape index (κ1) is 16.0. The number of aromatic hydroxyl groups is 1. The molecule has 0 radical (unpaired) electrons. The zero-order valence-electron chi connectivity index (χ0n) is 11.2. The van der Waals surface area contributed by atoms with Crippen LogP contribution in [-0.2, 0) is 9.59 Å². The molecular formula is C13H16ClN3O3. The Morgan fingerprint density at radius 3 is 2.70 bits per heavy atom. The number of benzene rings is 1. The highest BCUT2D eigenvalue weighted by Gasteiger charge is 2.12. The molecule has 0 saturated heterocycles. The second-order valence-corrected chi connectivity index (χ2v) is 4.92. The van der Waals surface area contributed by atoms with E-state index in [4.69, 9.17) is 11.6 Å². The number of hydrogen-bond donors (Lipinski definition) is 3. The van der Waals surface area contributed by atoms with Gasteiger partial charge in [0.25, 0.3) is 0 Å². The molecule has 1 aromatic carbocycles. The van der Waals surface area contributed by atoms with E-state index in [9.17, 15) is 14.7 Å². The number of rotatable bonds is 4. The monoisotopic (exact) mass is 297 g/mol. The normalized spacial score (nSPS) is 10.8. The summed E-state index contributed by atoms with van der Waals surface area (Å²) in [5.74, 6) is -1.36. The van der Waals surface area contributed by atoms with Gasteiger partial charge in [0.2, 0.25) is 0 Å². The smallest absolute Gasteiger partial charge is 0.329 e. The predicted octanol–water partition coefficient (Wildman–Crippen LogP) is 1.27. The summed E-state index contributed by atoms with van der Waals surface area (Å²) in [7, 11) is 0. The number of phenolic OH excluding ortho intramolecular Hbond substituents is 1. The zero-order valence-corrected chi connectivity index (χ0v) is 11.9. The second kappa shape index (κ2) is 7.49. The van der Waals surface area contributed by atoms with Crippen LogP contribution in [0, 0.1) is 5.92 Å². The molecule has 2 amide bonds. The quantitative estimate of drug-likeness (QED) is 0.444. The summed E-state index contributed by atoms with van der Waals surface area (Å²) in [4.78, 5) is 22.7. The second-order valence-electron chi connectivity index (χ2n) is 4.51. The minimum absolute atomic E-state index is 0.0408. The number of halogens is 1. The summed E-state index contributed by atoms with van der Waals surface area (Å²) in [5, 5.41) is 15.5. The Hall–Kier alpha value is -2.08. The predicted molar refractivity (Wildman–Crippen MR) is 76.7 cm³/mol. The molecule has 108 valence electrons. The van der Waals surface area contributed by atoms with Crippen molar-refractivity contribution in [2.24, 2.45) is 11.0 Å². The fraction of sp³-hybridized carbons (Fsp3) is 0.308. The molecule has 0 fully saturated rings. The molecule has 0 bridgehead atoms. The number of carbonyl (C=O) groups is 2. The highest BCUT2D eigenvalue weighted by molar-refractivity contribution is 6.35. The maximum atomic E-state index is 11.4. The van der Waals surface area contributed by atoms with E-state index in [0.29, 0.717) is 12.1 Å². The van der Waals surface area contributed by atoms with E-state index < -0.39 is 11.8 Å². The van der Waals surface area contributed by atoms with Crippen LogP contribution in [0.1, 0.15) is 19.4 Å². The van der Waals surface area contributed by atoms with Crippen molar-refractivity contribution in [2.75, 3.05) is 6.54 Å².